The van der Waals surface area contributed by atoms with Crippen LogP contribution in [0.4, 0.5) is 0 Å². The van der Waals surface area contributed by atoms with Gasteiger partial charge >= 0.3 is 0 Å². The molecular formula is C11H21NO4S. The van der Waals surface area contributed by atoms with Gasteiger partial charge in [-0.3, -0.25) is 4.79 Å². The minimum absolute atomic E-state index is 0.0283. The van der Waals surface area contributed by atoms with Crippen LogP contribution < -0.4 is 5.73 Å². The molecule has 1 fully saturated rings. The van der Waals surface area contributed by atoms with E-state index in [1.54, 1.807) is 20.8 Å². The zero-order valence-electron chi connectivity index (χ0n) is 10.7. The summed E-state index contributed by atoms with van der Waals surface area (Å²) < 4.78 is 28.0. The van der Waals surface area contributed by atoms with Gasteiger partial charge in [-0.2, -0.15) is 0 Å². The molecule has 0 spiro atoms. The largest absolute Gasteiger partial charge is 0.379 e. The van der Waals surface area contributed by atoms with E-state index in [9.17, 15) is 13.2 Å². The predicted molar refractivity (Wildman–Crippen MR) is 65.5 cm³/mol. The van der Waals surface area contributed by atoms with Crippen LogP contribution in [0.25, 0.3) is 0 Å². The van der Waals surface area contributed by atoms with Crippen molar-refractivity contribution >= 4 is 15.6 Å². The average molecular weight is 263 g/mol. The number of sulfone groups is 1. The molecule has 0 saturated carbocycles. The van der Waals surface area contributed by atoms with Gasteiger partial charge in [-0.05, 0) is 27.2 Å². The minimum atomic E-state index is -3.27. The highest BCUT2D eigenvalue weighted by atomic mass is 32.2. The van der Waals surface area contributed by atoms with Gasteiger partial charge in [-0.25, -0.2) is 8.42 Å². The zero-order valence-corrected chi connectivity index (χ0v) is 11.5. The molecule has 0 aliphatic carbocycles. The molecule has 0 aromatic rings. The van der Waals surface area contributed by atoms with Crippen molar-refractivity contribution in [3.8, 4) is 0 Å². The van der Waals surface area contributed by atoms with E-state index in [0.717, 1.165) is 0 Å². The Hall–Kier alpha value is -0.460. The van der Waals surface area contributed by atoms with E-state index in [1.165, 1.54) is 0 Å². The molecule has 0 radical (unpaired) electrons. The summed E-state index contributed by atoms with van der Waals surface area (Å²) in [5.41, 5.74) is 4.89. The zero-order chi connectivity index (χ0) is 13.3. The van der Waals surface area contributed by atoms with Gasteiger partial charge in [0.1, 0.15) is 5.54 Å². The van der Waals surface area contributed by atoms with Gasteiger partial charge < -0.3 is 10.5 Å². The molecule has 1 aliphatic heterocycles. The van der Waals surface area contributed by atoms with Gasteiger partial charge in [0.15, 0.2) is 15.6 Å². The van der Waals surface area contributed by atoms with Gasteiger partial charge in [-0.15, -0.1) is 0 Å². The van der Waals surface area contributed by atoms with Gasteiger partial charge in [0, 0.05) is 13.0 Å². The topological polar surface area (TPSA) is 86.5 Å². The number of hydrogen-bond acceptors (Lipinski definition) is 5. The SMILES string of the molecule is CC(C)(C)S(=O)(=O)CCC(=O)C1(N)CCOC1. The Bertz CT molecular complexity index is 388. The number of rotatable bonds is 4. The summed E-state index contributed by atoms with van der Waals surface area (Å²) in [6.07, 6.45) is 0.445. The van der Waals surface area contributed by atoms with Crippen molar-refractivity contribution < 1.29 is 17.9 Å². The third-order valence-electron chi connectivity index (χ3n) is 3.14. The fourth-order valence-electron chi connectivity index (χ4n) is 1.58. The number of ether oxygens (including phenoxy) is 1. The normalized spacial score (nSPS) is 26.1. The summed E-state index contributed by atoms with van der Waals surface area (Å²) in [5, 5.41) is 0. The van der Waals surface area contributed by atoms with E-state index in [1.807, 2.05) is 0 Å². The first-order valence-corrected chi connectivity index (χ1v) is 7.36. The Morgan fingerprint density at radius 3 is 2.41 bits per heavy atom. The predicted octanol–water partition coefficient (Wildman–Crippen LogP) is 0.277. The van der Waals surface area contributed by atoms with Gasteiger partial charge in [0.2, 0.25) is 0 Å². The Labute approximate surface area is 103 Å². The Balaban J connectivity index is 2.60. The van der Waals surface area contributed by atoms with Crippen LogP contribution in [-0.2, 0) is 19.4 Å². The summed E-state index contributed by atoms with van der Waals surface area (Å²) in [7, 11) is -3.27. The van der Waals surface area contributed by atoms with Crippen molar-refractivity contribution in [2.75, 3.05) is 19.0 Å². The van der Waals surface area contributed by atoms with Crippen LogP contribution in [-0.4, -0.2) is 43.5 Å². The standard InChI is InChI=1S/C11H21NO4S/c1-10(2,3)17(14,15)7-4-9(13)11(12)5-6-16-8-11/h4-8,12H2,1-3H3. The number of ketones is 1. The second-order valence-corrected chi connectivity index (χ2v) is 8.43. The van der Waals surface area contributed by atoms with Gasteiger partial charge in [-0.1, -0.05) is 0 Å². The van der Waals surface area contributed by atoms with E-state index in [4.69, 9.17) is 10.5 Å². The molecule has 0 aromatic carbocycles. The monoisotopic (exact) mass is 263 g/mol. The molecule has 0 amide bonds. The molecule has 1 heterocycles. The summed E-state index contributed by atoms with van der Waals surface area (Å²) in [5.74, 6) is -0.364. The Morgan fingerprint density at radius 2 is 2.00 bits per heavy atom. The lowest BCUT2D eigenvalue weighted by atomic mass is 9.93. The number of hydrogen-bond donors (Lipinski definition) is 1. The van der Waals surface area contributed by atoms with Crippen LogP contribution in [0.15, 0.2) is 0 Å². The molecule has 100 valence electrons. The van der Waals surface area contributed by atoms with Crippen LogP contribution in [0.1, 0.15) is 33.6 Å². The Morgan fingerprint density at radius 1 is 1.41 bits per heavy atom. The molecule has 0 bridgehead atoms. The maximum atomic E-state index is 11.9. The van der Waals surface area contributed by atoms with Gasteiger partial charge in [0.05, 0.1) is 17.1 Å². The van der Waals surface area contributed by atoms with Crippen molar-refractivity contribution in [3.05, 3.63) is 0 Å². The lowest BCUT2D eigenvalue weighted by Gasteiger charge is -2.22. The highest BCUT2D eigenvalue weighted by molar-refractivity contribution is 7.92. The quantitative estimate of drug-likeness (QED) is 0.787. The van der Waals surface area contributed by atoms with Crippen molar-refractivity contribution in [1.82, 2.24) is 0 Å². The maximum Gasteiger partial charge on any atom is 0.156 e. The van der Waals surface area contributed by atoms with Crippen LogP contribution in [0, 0.1) is 0 Å². The van der Waals surface area contributed by atoms with Crippen molar-refractivity contribution in [3.63, 3.8) is 0 Å². The molecule has 0 aromatic heterocycles. The minimum Gasteiger partial charge on any atom is -0.379 e. The lowest BCUT2D eigenvalue weighted by Crippen LogP contribution is -2.49. The molecule has 2 N–H and O–H groups in total. The molecule has 1 rings (SSSR count). The summed E-state index contributed by atoms with van der Waals surface area (Å²) in [6.45, 7) is 5.55. The first kappa shape index (κ1) is 14.6. The Kier molecular flexibility index (Phi) is 4.01. The average Bonchev–Trinajstić information content (AvgIpc) is 2.61. The molecule has 5 nitrogen and oxygen atoms in total. The number of carbonyl (C=O) groups is 1. The first-order valence-electron chi connectivity index (χ1n) is 5.71. The van der Waals surface area contributed by atoms with Crippen LogP contribution in [0.2, 0.25) is 0 Å². The van der Waals surface area contributed by atoms with Crippen LogP contribution >= 0.6 is 0 Å². The molecule has 17 heavy (non-hydrogen) atoms. The molecule has 1 saturated heterocycles. The highest BCUT2D eigenvalue weighted by Crippen LogP contribution is 2.21. The van der Waals surface area contributed by atoms with E-state index in [-0.39, 0.29) is 24.6 Å². The molecule has 1 aliphatic rings. The van der Waals surface area contributed by atoms with Crippen molar-refractivity contribution in [2.45, 2.75) is 43.9 Å². The fraction of sp³-hybridized carbons (Fsp3) is 0.909. The van der Waals surface area contributed by atoms with Crippen LogP contribution in [0.3, 0.4) is 0 Å². The van der Waals surface area contributed by atoms with Crippen LogP contribution in [0.5, 0.6) is 0 Å². The van der Waals surface area contributed by atoms with E-state index in [2.05, 4.69) is 0 Å². The number of nitrogens with two attached hydrogens (primary N) is 1. The lowest BCUT2D eigenvalue weighted by molar-refractivity contribution is -0.123. The third-order valence-corrected chi connectivity index (χ3v) is 5.75. The maximum absolute atomic E-state index is 11.9. The van der Waals surface area contributed by atoms with Crippen molar-refractivity contribution in [2.24, 2.45) is 5.73 Å². The van der Waals surface area contributed by atoms with Crippen molar-refractivity contribution in [1.29, 1.82) is 0 Å². The summed E-state index contributed by atoms with van der Waals surface area (Å²) >= 11 is 0. The number of Topliss-reactive ketones (excluding diaryl/α,β-unsaturated/α-hetero) is 1. The summed E-state index contributed by atoms with van der Waals surface area (Å²) in [6, 6.07) is 0. The van der Waals surface area contributed by atoms with E-state index < -0.39 is 20.1 Å². The van der Waals surface area contributed by atoms with E-state index >= 15 is 0 Å². The fourth-order valence-corrected chi connectivity index (χ4v) is 2.65. The third kappa shape index (κ3) is 3.26. The van der Waals surface area contributed by atoms with Gasteiger partial charge in [0.25, 0.3) is 0 Å². The summed E-state index contributed by atoms with van der Waals surface area (Å²) in [4.78, 5) is 11.9. The first-order chi connectivity index (χ1) is 7.58. The second kappa shape index (κ2) is 4.66. The van der Waals surface area contributed by atoms with E-state index in [0.29, 0.717) is 13.0 Å². The molecular weight excluding hydrogens is 242 g/mol. The molecule has 1 unspecified atom stereocenters. The number of carbonyl (C=O) groups excluding carboxylic acids is 1. The molecule has 6 heteroatoms. The highest BCUT2D eigenvalue weighted by Gasteiger charge is 2.39. The molecule has 1 atom stereocenters. The second-order valence-electron chi connectivity index (χ2n) is 5.56. The smallest absolute Gasteiger partial charge is 0.156 e.